The number of aliphatic hydroxyl groups is 2. The number of aromatic nitrogens is 1. The summed E-state index contributed by atoms with van der Waals surface area (Å²) in [6.45, 7) is 5.65. The summed E-state index contributed by atoms with van der Waals surface area (Å²) < 4.78 is 35.5. The normalized spacial score (nSPS) is 17.0. The molecule has 0 aliphatic carbocycles. The van der Waals surface area contributed by atoms with Gasteiger partial charge in [-0.15, -0.1) is 0 Å². The fraction of sp³-hybridized carbons (Fsp3) is 0.422. The highest BCUT2D eigenvalue weighted by atomic mass is 35.5. The van der Waals surface area contributed by atoms with E-state index < -0.39 is 65.1 Å². The highest BCUT2D eigenvalue weighted by molar-refractivity contribution is 6.31. The molecule has 1 aliphatic heterocycles. The molecule has 0 saturated carbocycles. The fourth-order valence-corrected chi connectivity index (χ4v) is 7.28. The molecule has 59 heavy (non-hydrogen) atoms. The number of carbonyl (C=O) groups is 3. The van der Waals surface area contributed by atoms with E-state index in [1.807, 2.05) is 51.1 Å². The van der Waals surface area contributed by atoms with Gasteiger partial charge in [-0.3, -0.25) is 14.4 Å². The van der Waals surface area contributed by atoms with Gasteiger partial charge in [0.2, 0.25) is 17.7 Å². The van der Waals surface area contributed by atoms with E-state index in [0.29, 0.717) is 22.2 Å². The van der Waals surface area contributed by atoms with Crippen molar-refractivity contribution in [1.82, 2.24) is 15.6 Å². The number of rotatable bonds is 18. The number of ether oxygens (including phenoxy) is 4. The lowest BCUT2D eigenvalue weighted by Gasteiger charge is -2.34. The number of pyridine rings is 1. The van der Waals surface area contributed by atoms with Crippen LogP contribution in [0.5, 0.6) is 11.6 Å². The van der Waals surface area contributed by atoms with Crippen molar-refractivity contribution in [2.75, 3.05) is 34.0 Å². The number of amides is 2. The number of hydrogen-bond donors (Lipinski definition) is 4. The standard InChI is InChI=1S/C45H53ClFN3O9/c1-45(2,3)34(24-41(53)58-19-18-56-4)44(55)49-36(20-27-10-12-28(13-11-27)30-14-17-40(57-5)48-25-30)37(51)22-31(21-29-8-6-7-9-35(29)46)43(54)50-42-33-23-32(47)15-16-39(33)59-26-38(42)52/h6-17,23,25,31,34,36-38,42,51-52H,18-22,24,26H2,1-5H3,(H,49,55)(H,50,54)/t31-,34-,36+,37+,38-,42+/m1/s1. The first kappa shape index (κ1) is 45.0. The molecule has 4 N–H and O–H groups in total. The maximum Gasteiger partial charge on any atom is 0.306 e. The van der Waals surface area contributed by atoms with Crippen LogP contribution >= 0.6 is 11.6 Å². The summed E-state index contributed by atoms with van der Waals surface area (Å²) in [5, 5.41) is 29.4. The zero-order valence-corrected chi connectivity index (χ0v) is 34.7. The summed E-state index contributed by atoms with van der Waals surface area (Å²) in [5.74, 6) is -3.08. The van der Waals surface area contributed by atoms with Gasteiger partial charge in [0, 0.05) is 41.4 Å². The van der Waals surface area contributed by atoms with Crippen molar-refractivity contribution >= 4 is 29.4 Å². The van der Waals surface area contributed by atoms with Gasteiger partial charge >= 0.3 is 5.97 Å². The minimum Gasteiger partial charge on any atom is -0.490 e. The highest BCUT2D eigenvalue weighted by Gasteiger charge is 2.38. The maximum atomic E-state index is 14.4. The van der Waals surface area contributed by atoms with Gasteiger partial charge < -0.3 is 39.8 Å². The molecule has 316 valence electrons. The van der Waals surface area contributed by atoms with Crippen molar-refractivity contribution in [2.45, 2.75) is 70.7 Å². The van der Waals surface area contributed by atoms with Crippen molar-refractivity contribution in [3.63, 3.8) is 0 Å². The minimum atomic E-state index is -1.30. The summed E-state index contributed by atoms with van der Waals surface area (Å²) in [6.07, 6.45) is -0.881. The van der Waals surface area contributed by atoms with Gasteiger partial charge in [0.05, 0.1) is 44.2 Å². The third-order valence-corrected chi connectivity index (χ3v) is 10.9. The van der Waals surface area contributed by atoms with Gasteiger partial charge in [-0.2, -0.15) is 0 Å². The number of nitrogens with one attached hydrogen (secondary N) is 2. The van der Waals surface area contributed by atoms with E-state index in [9.17, 15) is 29.0 Å². The molecule has 12 nitrogen and oxygen atoms in total. The number of fused-ring (bicyclic) bond motifs is 1. The number of esters is 1. The van der Waals surface area contributed by atoms with Gasteiger partial charge in [-0.05, 0) is 71.7 Å². The Morgan fingerprint density at radius 1 is 0.966 bits per heavy atom. The molecular formula is C45H53ClFN3O9. The molecule has 2 amide bonds. The first-order chi connectivity index (χ1) is 28.2. The minimum absolute atomic E-state index is 0.0397. The van der Waals surface area contributed by atoms with E-state index in [1.165, 1.54) is 25.3 Å². The molecule has 1 aromatic heterocycles. The Labute approximate surface area is 349 Å². The average Bonchev–Trinajstić information content (AvgIpc) is 3.21. The third-order valence-electron chi connectivity index (χ3n) is 10.5. The van der Waals surface area contributed by atoms with Crippen LogP contribution in [0, 0.1) is 23.1 Å². The van der Waals surface area contributed by atoms with E-state index in [0.717, 1.165) is 16.7 Å². The number of hydrogen-bond acceptors (Lipinski definition) is 10. The Hall–Kier alpha value is -5.08. The van der Waals surface area contributed by atoms with Crippen molar-refractivity contribution in [3.05, 3.63) is 113 Å². The molecule has 0 radical (unpaired) electrons. The molecule has 0 bridgehead atoms. The van der Waals surface area contributed by atoms with Crippen LogP contribution in [0.4, 0.5) is 4.39 Å². The molecular weight excluding hydrogens is 781 g/mol. The van der Waals surface area contributed by atoms with Crippen LogP contribution in [-0.2, 0) is 36.7 Å². The van der Waals surface area contributed by atoms with Crippen LogP contribution in [0.1, 0.15) is 56.3 Å². The van der Waals surface area contributed by atoms with Crippen LogP contribution in [0.25, 0.3) is 11.1 Å². The van der Waals surface area contributed by atoms with Crippen LogP contribution < -0.4 is 20.1 Å². The van der Waals surface area contributed by atoms with Gasteiger partial charge in [0.15, 0.2) is 0 Å². The van der Waals surface area contributed by atoms with E-state index >= 15 is 0 Å². The summed E-state index contributed by atoms with van der Waals surface area (Å²) in [6, 6.07) is 20.2. The molecule has 1 aliphatic rings. The number of methoxy groups -OCH3 is 2. The summed E-state index contributed by atoms with van der Waals surface area (Å²) in [7, 11) is 3.04. The van der Waals surface area contributed by atoms with Crippen molar-refractivity contribution < 1.29 is 47.9 Å². The lowest BCUT2D eigenvalue weighted by molar-refractivity contribution is -0.150. The third kappa shape index (κ3) is 12.5. The molecule has 0 saturated heterocycles. The molecule has 3 aromatic carbocycles. The maximum absolute atomic E-state index is 14.4. The molecule has 6 atom stereocenters. The smallest absolute Gasteiger partial charge is 0.306 e. The zero-order chi connectivity index (χ0) is 42.7. The van der Waals surface area contributed by atoms with E-state index in [1.54, 1.807) is 43.6 Å². The lowest BCUT2D eigenvalue weighted by Crippen LogP contribution is -2.51. The Bertz CT molecular complexity index is 2030. The monoisotopic (exact) mass is 833 g/mol. The number of benzene rings is 3. The van der Waals surface area contributed by atoms with Crippen LogP contribution in [0.3, 0.4) is 0 Å². The number of nitrogens with zero attached hydrogens (tertiary/aromatic N) is 1. The predicted octanol–water partition coefficient (Wildman–Crippen LogP) is 6.04. The lowest BCUT2D eigenvalue weighted by atomic mass is 9.77. The first-order valence-electron chi connectivity index (χ1n) is 19.5. The van der Waals surface area contributed by atoms with E-state index in [2.05, 4.69) is 15.6 Å². The molecule has 5 rings (SSSR count). The fourth-order valence-electron chi connectivity index (χ4n) is 7.07. The topological polar surface area (TPSA) is 166 Å². The van der Waals surface area contributed by atoms with Crippen LogP contribution in [0.15, 0.2) is 85.1 Å². The molecule has 2 heterocycles. The van der Waals surface area contributed by atoms with E-state index in [-0.39, 0.29) is 51.1 Å². The highest BCUT2D eigenvalue weighted by Crippen LogP contribution is 2.34. The van der Waals surface area contributed by atoms with Crippen molar-refractivity contribution in [1.29, 1.82) is 0 Å². The summed E-state index contributed by atoms with van der Waals surface area (Å²) >= 11 is 6.57. The van der Waals surface area contributed by atoms with Crippen molar-refractivity contribution in [2.24, 2.45) is 17.3 Å². The number of carbonyl (C=O) groups excluding carboxylic acids is 3. The van der Waals surface area contributed by atoms with Crippen molar-refractivity contribution in [3.8, 4) is 22.8 Å². The summed E-state index contributed by atoms with van der Waals surface area (Å²) in [4.78, 5) is 45.7. The second kappa shape index (κ2) is 20.7. The van der Waals surface area contributed by atoms with E-state index in [4.69, 9.17) is 30.5 Å². The second-order valence-corrected chi connectivity index (χ2v) is 16.2. The Morgan fingerprint density at radius 3 is 2.36 bits per heavy atom. The summed E-state index contributed by atoms with van der Waals surface area (Å²) in [5.41, 5.74) is 2.77. The second-order valence-electron chi connectivity index (χ2n) is 15.8. The average molecular weight is 834 g/mol. The Kier molecular flexibility index (Phi) is 15.8. The first-order valence-corrected chi connectivity index (χ1v) is 19.9. The molecule has 0 spiro atoms. The number of aliphatic hydroxyl groups excluding tert-OH is 2. The van der Waals surface area contributed by atoms with Gasteiger partial charge in [-0.1, -0.05) is 74.8 Å². The molecule has 4 aromatic rings. The van der Waals surface area contributed by atoms with Crippen LogP contribution in [0.2, 0.25) is 5.02 Å². The van der Waals surface area contributed by atoms with Gasteiger partial charge in [-0.25, -0.2) is 9.37 Å². The van der Waals surface area contributed by atoms with Crippen LogP contribution in [-0.4, -0.2) is 85.3 Å². The number of halogens is 2. The van der Waals surface area contributed by atoms with Gasteiger partial charge in [0.25, 0.3) is 0 Å². The molecule has 14 heteroatoms. The predicted molar refractivity (Wildman–Crippen MR) is 220 cm³/mol. The zero-order valence-electron chi connectivity index (χ0n) is 34.0. The van der Waals surface area contributed by atoms with Gasteiger partial charge in [0.1, 0.15) is 30.9 Å². The largest absolute Gasteiger partial charge is 0.490 e. The Balaban J connectivity index is 1.45. The SMILES string of the molecule is COCCOC(=O)C[C@H](C(=O)N[C@@H](Cc1ccc(-c2ccc(OC)nc2)cc1)[C@@H](O)C[C@@H](Cc1ccccc1Cl)C(=O)N[C@H]1c2cc(F)ccc2OC[C@H]1O)C(C)(C)C. The molecule has 0 unspecified atom stereocenters. The molecule has 0 fully saturated rings. The quantitative estimate of drug-likeness (QED) is 0.0687. The Morgan fingerprint density at radius 2 is 1.69 bits per heavy atom.